The van der Waals surface area contributed by atoms with Crippen molar-refractivity contribution in [2.75, 3.05) is 0 Å². The first kappa shape index (κ1) is 19.7. The molecule has 0 aliphatic heterocycles. The zero-order chi connectivity index (χ0) is 21.8. The van der Waals surface area contributed by atoms with Crippen LogP contribution in [0.2, 0.25) is 0 Å². The summed E-state index contributed by atoms with van der Waals surface area (Å²) < 4.78 is 4.23. The second-order valence-corrected chi connectivity index (χ2v) is 7.78. The molecule has 0 amide bonds. The van der Waals surface area contributed by atoms with Crippen molar-refractivity contribution in [1.82, 2.24) is 9.55 Å². The largest absolute Gasteiger partial charge is 0.294 e. The number of aromatic nitrogens is 3. The van der Waals surface area contributed by atoms with Crippen LogP contribution in [0.1, 0.15) is 22.4 Å². The van der Waals surface area contributed by atoms with E-state index in [0.29, 0.717) is 0 Å². The maximum absolute atomic E-state index is 4.57. The molecule has 0 bridgehead atoms. The van der Waals surface area contributed by atoms with Crippen molar-refractivity contribution >= 4 is 35.2 Å². The molecule has 0 saturated carbocycles. The van der Waals surface area contributed by atoms with Gasteiger partial charge in [0.1, 0.15) is 12.9 Å². The lowest BCUT2D eigenvalue weighted by Gasteiger charge is -2.07. The van der Waals surface area contributed by atoms with Crippen LogP contribution < -0.4 is 4.57 Å². The minimum absolute atomic E-state index is 0.920. The molecule has 5 rings (SSSR count). The Bertz CT molecular complexity index is 1390. The van der Waals surface area contributed by atoms with Gasteiger partial charge < -0.3 is 0 Å². The summed E-state index contributed by atoms with van der Waals surface area (Å²) in [6.07, 6.45) is 14.5. The summed E-state index contributed by atoms with van der Waals surface area (Å²) in [5, 5.41) is 1.20. The van der Waals surface area contributed by atoms with E-state index in [2.05, 4.69) is 113 Å². The van der Waals surface area contributed by atoms with E-state index in [1.54, 1.807) is 0 Å². The van der Waals surface area contributed by atoms with Gasteiger partial charge in [-0.2, -0.15) is 0 Å². The maximum Gasteiger partial charge on any atom is 0.169 e. The first-order valence-electron chi connectivity index (χ1n) is 10.7. The van der Waals surface area contributed by atoms with E-state index in [-0.39, 0.29) is 0 Å². The van der Waals surface area contributed by atoms with Crippen LogP contribution >= 0.6 is 0 Å². The smallest absolute Gasteiger partial charge is 0.169 e. The standard InChI is InChI=1S/C29H24N3/c1-31-20-17-25(18-21-31)14-13-23-9-11-24(12-10-23)15-16-27-22-26-6-2-3-7-28(26)32(27)29-8-4-5-19-30-29/h2-22H,1H3/q+1. The molecule has 0 atom stereocenters. The Morgan fingerprint density at radius 1 is 0.688 bits per heavy atom. The Morgan fingerprint density at radius 2 is 1.31 bits per heavy atom. The van der Waals surface area contributed by atoms with Gasteiger partial charge in [-0.05, 0) is 47.0 Å². The van der Waals surface area contributed by atoms with Gasteiger partial charge in [0.25, 0.3) is 0 Å². The molecule has 0 fully saturated rings. The zero-order valence-corrected chi connectivity index (χ0v) is 18.0. The Morgan fingerprint density at radius 3 is 2.00 bits per heavy atom. The van der Waals surface area contributed by atoms with Gasteiger partial charge >= 0.3 is 0 Å². The molecule has 0 aliphatic carbocycles. The topological polar surface area (TPSA) is 21.7 Å². The second-order valence-electron chi connectivity index (χ2n) is 7.78. The summed E-state index contributed by atoms with van der Waals surface area (Å²) in [6, 6.07) is 29.4. The number of hydrogen-bond acceptors (Lipinski definition) is 1. The molecule has 3 aromatic heterocycles. The number of aryl methyl sites for hydroxylation is 1. The van der Waals surface area contributed by atoms with Gasteiger partial charge in [0.2, 0.25) is 0 Å². The second kappa shape index (κ2) is 8.86. The number of hydrogen-bond donors (Lipinski definition) is 0. The first-order valence-corrected chi connectivity index (χ1v) is 10.7. The Hall–Kier alpha value is -4.24. The van der Waals surface area contributed by atoms with Gasteiger partial charge in [-0.3, -0.25) is 4.57 Å². The first-order chi connectivity index (χ1) is 15.8. The van der Waals surface area contributed by atoms with E-state index in [1.165, 1.54) is 16.5 Å². The fourth-order valence-electron chi connectivity index (χ4n) is 3.76. The molecule has 0 aliphatic rings. The van der Waals surface area contributed by atoms with E-state index in [4.69, 9.17) is 0 Å². The van der Waals surface area contributed by atoms with Gasteiger partial charge in [0, 0.05) is 29.4 Å². The van der Waals surface area contributed by atoms with Crippen molar-refractivity contribution in [3.05, 3.63) is 126 Å². The average Bonchev–Trinajstić information content (AvgIpc) is 3.22. The van der Waals surface area contributed by atoms with Crippen molar-refractivity contribution in [1.29, 1.82) is 0 Å². The predicted octanol–water partition coefficient (Wildman–Crippen LogP) is 6.19. The van der Waals surface area contributed by atoms with Crippen LogP contribution in [0.15, 0.2) is 104 Å². The van der Waals surface area contributed by atoms with E-state index >= 15 is 0 Å². The lowest BCUT2D eigenvalue weighted by atomic mass is 10.1. The van der Waals surface area contributed by atoms with Crippen LogP contribution in [-0.4, -0.2) is 9.55 Å². The number of para-hydroxylation sites is 1. The minimum Gasteiger partial charge on any atom is -0.294 e. The maximum atomic E-state index is 4.57. The summed E-state index contributed by atoms with van der Waals surface area (Å²) in [6.45, 7) is 0. The average molecular weight is 415 g/mol. The highest BCUT2D eigenvalue weighted by atomic mass is 15.1. The molecular formula is C29H24N3+. The molecule has 154 valence electrons. The summed E-state index contributed by atoms with van der Waals surface area (Å²) in [7, 11) is 2.02. The number of rotatable bonds is 5. The molecule has 0 N–H and O–H groups in total. The van der Waals surface area contributed by atoms with Crippen molar-refractivity contribution in [2.45, 2.75) is 0 Å². The monoisotopic (exact) mass is 414 g/mol. The highest BCUT2D eigenvalue weighted by Crippen LogP contribution is 2.25. The number of fused-ring (bicyclic) bond motifs is 1. The van der Waals surface area contributed by atoms with Crippen LogP contribution in [0, 0.1) is 0 Å². The summed E-state index contributed by atoms with van der Waals surface area (Å²) in [5.74, 6) is 0.920. The third kappa shape index (κ3) is 4.28. The van der Waals surface area contributed by atoms with Gasteiger partial charge in [-0.1, -0.05) is 66.8 Å². The fourth-order valence-corrected chi connectivity index (χ4v) is 3.76. The molecule has 3 heterocycles. The molecule has 32 heavy (non-hydrogen) atoms. The molecule has 0 unspecified atom stereocenters. The number of pyridine rings is 2. The van der Waals surface area contributed by atoms with Crippen LogP contribution in [0.5, 0.6) is 0 Å². The van der Waals surface area contributed by atoms with Crippen molar-refractivity contribution < 1.29 is 4.57 Å². The highest BCUT2D eigenvalue weighted by molar-refractivity contribution is 5.87. The minimum atomic E-state index is 0.920. The summed E-state index contributed by atoms with van der Waals surface area (Å²) in [4.78, 5) is 4.57. The van der Waals surface area contributed by atoms with Gasteiger partial charge in [-0.15, -0.1) is 0 Å². The third-order valence-corrected chi connectivity index (χ3v) is 5.47. The third-order valence-electron chi connectivity index (χ3n) is 5.47. The van der Waals surface area contributed by atoms with Crippen molar-refractivity contribution in [3.63, 3.8) is 0 Å². The van der Waals surface area contributed by atoms with E-state index in [9.17, 15) is 0 Å². The Labute approximate surface area is 188 Å². The SMILES string of the molecule is C[n+]1ccc(/C=C/c2ccc(/C=C/c3cc4ccccc4n3-c3ccccn3)cc2)cc1. The molecule has 0 spiro atoms. The normalized spacial score (nSPS) is 11.7. The molecular weight excluding hydrogens is 390 g/mol. The van der Waals surface area contributed by atoms with E-state index in [0.717, 1.165) is 22.6 Å². The van der Waals surface area contributed by atoms with Crippen LogP contribution in [-0.2, 0) is 7.05 Å². The van der Waals surface area contributed by atoms with E-state index < -0.39 is 0 Å². The lowest BCUT2D eigenvalue weighted by molar-refractivity contribution is -0.671. The van der Waals surface area contributed by atoms with Gasteiger partial charge in [-0.25, -0.2) is 9.55 Å². The Balaban J connectivity index is 1.40. The summed E-state index contributed by atoms with van der Waals surface area (Å²) >= 11 is 0. The van der Waals surface area contributed by atoms with E-state index in [1.807, 2.05) is 36.0 Å². The molecule has 3 heteroatoms. The fraction of sp³-hybridized carbons (Fsp3) is 0.0345. The lowest BCUT2D eigenvalue weighted by Crippen LogP contribution is -2.25. The number of benzene rings is 2. The zero-order valence-electron chi connectivity index (χ0n) is 18.0. The van der Waals surface area contributed by atoms with Gasteiger partial charge in [0.05, 0.1) is 5.52 Å². The van der Waals surface area contributed by atoms with Crippen molar-refractivity contribution in [2.24, 2.45) is 7.05 Å². The van der Waals surface area contributed by atoms with Crippen LogP contribution in [0.3, 0.4) is 0 Å². The molecule has 0 saturated heterocycles. The predicted molar refractivity (Wildman–Crippen MR) is 133 cm³/mol. The summed E-state index contributed by atoms with van der Waals surface area (Å²) in [5.41, 5.74) is 5.78. The molecule has 5 aromatic rings. The highest BCUT2D eigenvalue weighted by Gasteiger charge is 2.08. The molecule has 2 aromatic carbocycles. The molecule has 3 nitrogen and oxygen atoms in total. The quantitative estimate of drug-likeness (QED) is 0.314. The van der Waals surface area contributed by atoms with Gasteiger partial charge in [0.15, 0.2) is 12.4 Å². The Kier molecular flexibility index (Phi) is 5.46. The van der Waals surface area contributed by atoms with Crippen LogP contribution in [0.25, 0.3) is 41.0 Å². The van der Waals surface area contributed by atoms with Crippen molar-refractivity contribution in [3.8, 4) is 5.82 Å². The number of nitrogens with zero attached hydrogens (tertiary/aromatic N) is 3. The van der Waals surface area contributed by atoms with Crippen LogP contribution in [0.4, 0.5) is 0 Å². The molecule has 0 radical (unpaired) electrons.